The van der Waals surface area contributed by atoms with Gasteiger partial charge in [-0.05, 0) is 42.3 Å². The lowest BCUT2D eigenvalue weighted by molar-refractivity contribution is 0.0796. The Morgan fingerprint density at radius 2 is 2.10 bits per heavy atom. The SMILES string of the molecule is CCCN(C)C(=O)c1cnc2ccc(C#N)cc2c1NCc1ccc(OC)c(Cl)c1. The number of pyridine rings is 1. The lowest BCUT2D eigenvalue weighted by atomic mass is 10.1. The smallest absolute Gasteiger partial charge is 0.257 e. The highest BCUT2D eigenvalue weighted by Gasteiger charge is 2.19. The lowest BCUT2D eigenvalue weighted by Gasteiger charge is -2.20. The number of fused-ring (bicyclic) bond motifs is 1. The molecule has 2 aromatic carbocycles. The van der Waals surface area contributed by atoms with Crippen molar-refractivity contribution in [3.63, 3.8) is 0 Å². The molecule has 0 aliphatic rings. The van der Waals surface area contributed by atoms with Crippen molar-refractivity contribution >= 4 is 34.1 Å². The number of amides is 1. The van der Waals surface area contributed by atoms with Crippen LogP contribution in [0.3, 0.4) is 0 Å². The minimum atomic E-state index is -0.121. The van der Waals surface area contributed by atoms with E-state index in [1.807, 2.05) is 19.1 Å². The molecular formula is C23H23ClN4O2. The van der Waals surface area contributed by atoms with Crippen LogP contribution in [0.1, 0.15) is 34.8 Å². The van der Waals surface area contributed by atoms with E-state index in [9.17, 15) is 10.1 Å². The number of nitrogens with one attached hydrogen (secondary N) is 1. The Bertz CT molecular complexity index is 1120. The van der Waals surface area contributed by atoms with Gasteiger partial charge in [-0.3, -0.25) is 9.78 Å². The molecule has 154 valence electrons. The van der Waals surface area contributed by atoms with Crippen LogP contribution < -0.4 is 10.1 Å². The summed E-state index contributed by atoms with van der Waals surface area (Å²) in [5.74, 6) is 0.481. The number of nitrogens with zero attached hydrogens (tertiary/aromatic N) is 3. The van der Waals surface area contributed by atoms with Gasteiger partial charge in [-0.2, -0.15) is 5.26 Å². The van der Waals surface area contributed by atoms with Gasteiger partial charge in [0.1, 0.15) is 5.75 Å². The standard InChI is InChI=1S/C23H23ClN4O2/c1-4-9-28(2)23(29)18-14-26-20-7-5-15(12-25)10-17(20)22(18)27-13-16-6-8-21(30-3)19(24)11-16/h5-8,10-11,14H,4,9,13H2,1-3H3,(H,26,27). The van der Waals surface area contributed by atoms with Gasteiger partial charge in [0.25, 0.3) is 5.91 Å². The first-order valence-electron chi connectivity index (χ1n) is 9.63. The van der Waals surface area contributed by atoms with Crippen molar-refractivity contribution < 1.29 is 9.53 Å². The van der Waals surface area contributed by atoms with Crippen molar-refractivity contribution in [2.24, 2.45) is 0 Å². The van der Waals surface area contributed by atoms with E-state index in [2.05, 4.69) is 16.4 Å². The van der Waals surface area contributed by atoms with Crippen LogP contribution in [0, 0.1) is 11.3 Å². The Labute approximate surface area is 181 Å². The highest BCUT2D eigenvalue weighted by atomic mass is 35.5. The summed E-state index contributed by atoms with van der Waals surface area (Å²) in [6, 6.07) is 12.9. The number of carbonyl (C=O) groups excluding carboxylic acids is 1. The molecule has 0 aliphatic carbocycles. The molecular weight excluding hydrogens is 400 g/mol. The quantitative estimate of drug-likeness (QED) is 0.588. The summed E-state index contributed by atoms with van der Waals surface area (Å²) in [4.78, 5) is 19.2. The molecule has 0 aliphatic heterocycles. The second kappa shape index (κ2) is 9.47. The highest BCUT2D eigenvalue weighted by Crippen LogP contribution is 2.30. The number of rotatable bonds is 7. The number of nitriles is 1. The number of halogens is 1. The van der Waals surface area contributed by atoms with Crippen LogP contribution in [0.15, 0.2) is 42.6 Å². The average Bonchev–Trinajstić information content (AvgIpc) is 2.76. The van der Waals surface area contributed by atoms with Crippen molar-refractivity contribution in [2.45, 2.75) is 19.9 Å². The molecule has 0 saturated carbocycles. The fourth-order valence-electron chi connectivity index (χ4n) is 3.27. The summed E-state index contributed by atoms with van der Waals surface area (Å²) in [5, 5.41) is 13.9. The molecule has 0 bridgehead atoms. The van der Waals surface area contributed by atoms with Gasteiger partial charge in [-0.15, -0.1) is 0 Å². The van der Waals surface area contributed by atoms with Gasteiger partial charge in [-0.1, -0.05) is 24.6 Å². The predicted octanol–water partition coefficient (Wildman–Crippen LogP) is 4.86. The van der Waals surface area contributed by atoms with Crippen molar-refractivity contribution in [3.05, 3.63) is 64.3 Å². The van der Waals surface area contributed by atoms with E-state index in [0.29, 0.717) is 46.2 Å². The van der Waals surface area contributed by atoms with E-state index in [1.54, 1.807) is 49.5 Å². The van der Waals surface area contributed by atoms with E-state index in [1.165, 1.54) is 0 Å². The normalized spacial score (nSPS) is 10.5. The minimum absolute atomic E-state index is 0.121. The first kappa shape index (κ1) is 21.4. The van der Waals surface area contributed by atoms with Crippen molar-refractivity contribution in [3.8, 4) is 11.8 Å². The van der Waals surface area contributed by atoms with E-state index in [0.717, 1.165) is 17.4 Å². The fraction of sp³-hybridized carbons (Fsp3) is 0.261. The molecule has 30 heavy (non-hydrogen) atoms. The van der Waals surface area contributed by atoms with Crippen LogP contribution in [0.2, 0.25) is 5.02 Å². The van der Waals surface area contributed by atoms with E-state index in [4.69, 9.17) is 16.3 Å². The third kappa shape index (κ3) is 4.47. The zero-order valence-electron chi connectivity index (χ0n) is 17.2. The summed E-state index contributed by atoms with van der Waals surface area (Å²) in [6.45, 7) is 3.11. The third-order valence-corrected chi connectivity index (χ3v) is 5.11. The second-order valence-electron chi connectivity index (χ2n) is 6.94. The summed E-state index contributed by atoms with van der Waals surface area (Å²) in [6.07, 6.45) is 2.45. The maximum atomic E-state index is 13.0. The van der Waals surface area contributed by atoms with E-state index in [-0.39, 0.29) is 5.91 Å². The molecule has 0 fully saturated rings. The Balaban J connectivity index is 2.04. The molecule has 0 spiro atoms. The number of ether oxygens (including phenoxy) is 1. The number of hydrogen-bond donors (Lipinski definition) is 1. The largest absolute Gasteiger partial charge is 0.495 e. The molecule has 6 nitrogen and oxygen atoms in total. The topological polar surface area (TPSA) is 78.2 Å². The summed E-state index contributed by atoms with van der Waals surface area (Å²) in [5.41, 5.74) is 3.26. The summed E-state index contributed by atoms with van der Waals surface area (Å²) >= 11 is 6.24. The van der Waals surface area contributed by atoms with Gasteiger partial charge in [0.2, 0.25) is 0 Å². The number of carbonyl (C=O) groups is 1. The Morgan fingerprint density at radius 1 is 1.30 bits per heavy atom. The lowest BCUT2D eigenvalue weighted by Crippen LogP contribution is -2.28. The van der Waals surface area contributed by atoms with Crippen molar-refractivity contribution in [1.82, 2.24) is 9.88 Å². The van der Waals surface area contributed by atoms with E-state index >= 15 is 0 Å². The van der Waals surface area contributed by atoms with Crippen LogP contribution in [0.4, 0.5) is 5.69 Å². The molecule has 1 aromatic heterocycles. The Hall–Kier alpha value is -3.30. The number of aromatic nitrogens is 1. The third-order valence-electron chi connectivity index (χ3n) is 4.82. The van der Waals surface area contributed by atoms with Gasteiger partial charge in [0.15, 0.2) is 0 Å². The van der Waals surface area contributed by atoms with E-state index < -0.39 is 0 Å². The zero-order valence-corrected chi connectivity index (χ0v) is 18.0. The molecule has 0 unspecified atom stereocenters. The van der Waals surface area contributed by atoms with Crippen LogP contribution in [0.5, 0.6) is 5.75 Å². The molecule has 3 aromatic rings. The molecule has 1 amide bonds. The first-order valence-corrected chi connectivity index (χ1v) is 10.0. The molecule has 1 N–H and O–H groups in total. The van der Waals surface area contributed by atoms with Gasteiger partial charge in [0.05, 0.1) is 40.5 Å². The zero-order chi connectivity index (χ0) is 21.7. The van der Waals surface area contributed by atoms with Crippen LogP contribution in [-0.2, 0) is 6.54 Å². The number of anilines is 1. The minimum Gasteiger partial charge on any atom is -0.495 e. The van der Waals surface area contributed by atoms with Crippen molar-refractivity contribution in [1.29, 1.82) is 5.26 Å². The molecule has 0 saturated heterocycles. The summed E-state index contributed by atoms with van der Waals surface area (Å²) < 4.78 is 5.20. The molecule has 0 atom stereocenters. The maximum Gasteiger partial charge on any atom is 0.257 e. The Kier molecular flexibility index (Phi) is 6.76. The molecule has 3 rings (SSSR count). The van der Waals surface area contributed by atoms with Crippen LogP contribution in [-0.4, -0.2) is 36.5 Å². The fourth-order valence-corrected chi connectivity index (χ4v) is 3.55. The molecule has 0 radical (unpaired) electrons. The predicted molar refractivity (Wildman–Crippen MR) is 119 cm³/mol. The average molecular weight is 423 g/mol. The van der Waals surface area contributed by atoms with Gasteiger partial charge in [0, 0.05) is 31.7 Å². The second-order valence-corrected chi connectivity index (χ2v) is 7.35. The van der Waals surface area contributed by atoms with Crippen LogP contribution in [0.25, 0.3) is 10.9 Å². The van der Waals surface area contributed by atoms with Crippen LogP contribution >= 0.6 is 11.6 Å². The molecule has 1 heterocycles. The first-order chi connectivity index (χ1) is 14.5. The number of methoxy groups -OCH3 is 1. The van der Waals surface area contributed by atoms with Gasteiger partial charge < -0.3 is 15.0 Å². The number of benzene rings is 2. The van der Waals surface area contributed by atoms with Gasteiger partial charge in [-0.25, -0.2) is 0 Å². The summed E-state index contributed by atoms with van der Waals surface area (Å²) in [7, 11) is 3.34. The number of hydrogen-bond acceptors (Lipinski definition) is 5. The van der Waals surface area contributed by atoms with Crippen molar-refractivity contribution in [2.75, 3.05) is 26.0 Å². The monoisotopic (exact) mass is 422 g/mol. The molecule has 7 heteroatoms. The maximum absolute atomic E-state index is 13.0. The Morgan fingerprint density at radius 3 is 2.77 bits per heavy atom. The van der Waals surface area contributed by atoms with Gasteiger partial charge >= 0.3 is 0 Å². The highest BCUT2D eigenvalue weighted by molar-refractivity contribution is 6.32.